The number of nitrogens with zero attached hydrogens (tertiary/aromatic N) is 2. The maximum Gasteiger partial charge on any atom is 0.321 e. The van der Waals surface area contributed by atoms with Crippen molar-refractivity contribution in [3.05, 3.63) is 24.3 Å². The maximum atomic E-state index is 13.1. The monoisotopic (exact) mass is 304 g/mol. The van der Waals surface area contributed by atoms with E-state index >= 15 is 0 Å². The van der Waals surface area contributed by atoms with E-state index in [4.69, 9.17) is 4.74 Å². The molecule has 1 rings (SSSR count). The Labute approximate surface area is 117 Å². The van der Waals surface area contributed by atoms with E-state index in [0.29, 0.717) is 0 Å². The number of carbonyl (C=O) groups is 1. The predicted octanol–water partition coefficient (Wildman–Crippen LogP) is 1.18. The van der Waals surface area contributed by atoms with Crippen LogP contribution in [-0.2, 0) is 19.6 Å². The van der Waals surface area contributed by atoms with Gasteiger partial charge >= 0.3 is 5.97 Å². The average molecular weight is 304 g/mol. The summed E-state index contributed by atoms with van der Waals surface area (Å²) in [5.74, 6) is -1.42. The lowest BCUT2D eigenvalue weighted by atomic mass is 10.4. The van der Waals surface area contributed by atoms with Gasteiger partial charge in [-0.3, -0.25) is 9.78 Å². The van der Waals surface area contributed by atoms with E-state index in [-0.39, 0.29) is 11.5 Å². The minimum absolute atomic E-state index is 0.159. The van der Waals surface area contributed by atoms with Crippen LogP contribution in [0.25, 0.3) is 0 Å². The van der Waals surface area contributed by atoms with Crippen molar-refractivity contribution in [3.8, 4) is 0 Å². The van der Waals surface area contributed by atoms with Crippen LogP contribution in [0.2, 0.25) is 0 Å². The molecule has 112 valence electrons. The number of rotatable bonds is 6. The Morgan fingerprint density at radius 2 is 2.10 bits per heavy atom. The van der Waals surface area contributed by atoms with E-state index in [0.717, 1.165) is 22.8 Å². The zero-order chi connectivity index (χ0) is 15.3. The van der Waals surface area contributed by atoms with Crippen LogP contribution < -0.4 is 0 Å². The number of aromatic nitrogens is 1. The topological polar surface area (TPSA) is 76.6 Å². The van der Waals surface area contributed by atoms with Gasteiger partial charge in [-0.2, -0.15) is 4.31 Å². The molecule has 0 saturated heterocycles. The summed E-state index contributed by atoms with van der Waals surface area (Å²) in [5.41, 5.74) is 0. The van der Waals surface area contributed by atoms with Crippen molar-refractivity contribution >= 4 is 16.0 Å². The number of pyridine rings is 1. The Kier molecular flexibility index (Phi) is 5.58. The molecule has 0 radical (unpaired) electrons. The smallest absolute Gasteiger partial charge is 0.321 e. The lowest BCUT2D eigenvalue weighted by molar-refractivity contribution is -0.143. The van der Waals surface area contributed by atoms with E-state index in [1.807, 2.05) is 0 Å². The number of hydrogen-bond donors (Lipinski definition) is 0. The molecule has 0 bridgehead atoms. The molecule has 0 saturated carbocycles. The van der Waals surface area contributed by atoms with Gasteiger partial charge in [0.1, 0.15) is 17.3 Å². The Hall–Kier alpha value is -1.54. The minimum Gasteiger partial charge on any atom is -0.465 e. The van der Waals surface area contributed by atoms with Crippen molar-refractivity contribution in [2.24, 2.45) is 0 Å². The van der Waals surface area contributed by atoms with Crippen molar-refractivity contribution in [2.45, 2.75) is 31.7 Å². The molecule has 8 heteroatoms. The van der Waals surface area contributed by atoms with Crippen molar-refractivity contribution in [3.63, 3.8) is 0 Å². The van der Waals surface area contributed by atoms with Crippen LogP contribution >= 0.6 is 0 Å². The number of ether oxygens (including phenoxy) is 1. The molecule has 0 unspecified atom stereocenters. The van der Waals surface area contributed by atoms with Gasteiger partial charge in [-0.05, 0) is 26.8 Å². The van der Waals surface area contributed by atoms with E-state index < -0.39 is 34.4 Å². The summed E-state index contributed by atoms with van der Waals surface area (Å²) in [5, 5.41) is 0. The Balaban J connectivity index is 3.10. The zero-order valence-electron chi connectivity index (χ0n) is 11.5. The van der Waals surface area contributed by atoms with Crippen LogP contribution in [0, 0.1) is 5.82 Å². The van der Waals surface area contributed by atoms with Gasteiger partial charge in [-0.1, -0.05) is 0 Å². The van der Waals surface area contributed by atoms with Crippen LogP contribution in [0.15, 0.2) is 23.4 Å². The molecule has 6 nitrogen and oxygen atoms in total. The third kappa shape index (κ3) is 3.97. The van der Waals surface area contributed by atoms with E-state index in [2.05, 4.69) is 4.98 Å². The number of hydrogen-bond acceptors (Lipinski definition) is 5. The largest absolute Gasteiger partial charge is 0.465 e. The van der Waals surface area contributed by atoms with Gasteiger partial charge in [-0.15, -0.1) is 0 Å². The highest BCUT2D eigenvalue weighted by Crippen LogP contribution is 2.18. The van der Waals surface area contributed by atoms with Crippen LogP contribution in [0.3, 0.4) is 0 Å². The van der Waals surface area contributed by atoms with Gasteiger partial charge in [0.15, 0.2) is 0 Å². The summed E-state index contributed by atoms with van der Waals surface area (Å²) in [6.45, 7) is 4.59. The molecule has 0 N–H and O–H groups in total. The Bertz CT molecular complexity index is 575. The second kappa shape index (κ2) is 6.76. The first-order chi connectivity index (χ1) is 9.28. The highest BCUT2D eigenvalue weighted by molar-refractivity contribution is 7.89. The van der Waals surface area contributed by atoms with Crippen molar-refractivity contribution in [2.75, 3.05) is 13.2 Å². The summed E-state index contributed by atoms with van der Waals surface area (Å²) >= 11 is 0. The second-order valence-corrected chi connectivity index (χ2v) is 6.18. The van der Waals surface area contributed by atoms with Crippen molar-refractivity contribution in [1.82, 2.24) is 9.29 Å². The molecule has 0 atom stereocenters. The second-order valence-electron chi connectivity index (χ2n) is 4.29. The fourth-order valence-corrected chi connectivity index (χ4v) is 3.10. The van der Waals surface area contributed by atoms with Gasteiger partial charge in [0.25, 0.3) is 0 Å². The maximum absolute atomic E-state index is 13.1. The number of halogens is 1. The van der Waals surface area contributed by atoms with Crippen LogP contribution in [0.1, 0.15) is 20.8 Å². The van der Waals surface area contributed by atoms with Gasteiger partial charge in [0.2, 0.25) is 10.0 Å². The third-order valence-corrected chi connectivity index (χ3v) is 4.44. The molecule has 1 heterocycles. The van der Waals surface area contributed by atoms with E-state index in [1.165, 1.54) is 0 Å². The van der Waals surface area contributed by atoms with Crippen molar-refractivity contribution in [1.29, 1.82) is 0 Å². The fourth-order valence-electron chi connectivity index (χ4n) is 1.55. The molecule has 0 amide bonds. The molecule has 0 aromatic carbocycles. The molecular formula is C12H17FN2O4S. The summed E-state index contributed by atoms with van der Waals surface area (Å²) in [6, 6.07) is 0.385. The quantitative estimate of drug-likeness (QED) is 0.738. The highest BCUT2D eigenvalue weighted by atomic mass is 32.2. The number of esters is 1. The Morgan fingerprint density at radius 1 is 1.45 bits per heavy atom. The van der Waals surface area contributed by atoms with E-state index in [9.17, 15) is 17.6 Å². The molecule has 0 fully saturated rings. The summed E-state index contributed by atoms with van der Waals surface area (Å²) in [7, 11) is -4.01. The van der Waals surface area contributed by atoms with Gasteiger partial charge < -0.3 is 4.74 Å². The fraction of sp³-hybridized carbons (Fsp3) is 0.500. The van der Waals surface area contributed by atoms with Gasteiger partial charge in [0.05, 0.1) is 12.8 Å². The van der Waals surface area contributed by atoms with E-state index in [1.54, 1.807) is 20.8 Å². The Morgan fingerprint density at radius 3 is 2.60 bits per heavy atom. The number of carbonyl (C=O) groups excluding carboxylic acids is 1. The molecule has 1 aromatic heterocycles. The molecule has 20 heavy (non-hydrogen) atoms. The molecule has 0 aliphatic carbocycles. The summed E-state index contributed by atoms with van der Waals surface area (Å²) in [4.78, 5) is 14.7. The van der Waals surface area contributed by atoms with Gasteiger partial charge in [0, 0.05) is 12.2 Å². The molecular weight excluding hydrogens is 287 g/mol. The molecule has 0 spiro atoms. The first-order valence-electron chi connectivity index (χ1n) is 6.07. The standard InChI is InChI=1S/C12H17FN2O4S/c1-4-19-12(16)8-15(9(2)3)20(17,18)11-5-10(13)6-14-7-11/h5-7,9H,4,8H2,1-3H3. The molecule has 0 aliphatic heterocycles. The first kappa shape index (κ1) is 16.5. The lowest BCUT2D eigenvalue weighted by Gasteiger charge is -2.24. The molecule has 0 aliphatic rings. The minimum atomic E-state index is -4.01. The van der Waals surface area contributed by atoms with Crippen molar-refractivity contribution < 1.29 is 22.3 Å². The van der Waals surface area contributed by atoms with Crippen LogP contribution in [-0.4, -0.2) is 42.9 Å². The zero-order valence-corrected chi connectivity index (χ0v) is 12.4. The average Bonchev–Trinajstić information content (AvgIpc) is 2.35. The molecule has 1 aromatic rings. The normalized spacial score (nSPS) is 11.9. The third-order valence-electron chi connectivity index (χ3n) is 2.45. The van der Waals surface area contributed by atoms with Crippen LogP contribution in [0.4, 0.5) is 4.39 Å². The lowest BCUT2D eigenvalue weighted by Crippen LogP contribution is -2.41. The highest BCUT2D eigenvalue weighted by Gasteiger charge is 2.30. The van der Waals surface area contributed by atoms with Crippen LogP contribution in [0.5, 0.6) is 0 Å². The summed E-state index contributed by atoms with van der Waals surface area (Å²) in [6.07, 6.45) is 1.95. The first-order valence-corrected chi connectivity index (χ1v) is 7.51. The predicted molar refractivity (Wildman–Crippen MR) is 69.9 cm³/mol. The van der Waals surface area contributed by atoms with Gasteiger partial charge in [-0.25, -0.2) is 12.8 Å². The SMILES string of the molecule is CCOC(=O)CN(C(C)C)S(=O)(=O)c1cncc(F)c1. The summed E-state index contributed by atoms with van der Waals surface area (Å²) < 4.78 is 43.6. The number of sulfonamides is 1.